The number of nitrogens with zero attached hydrogens (tertiary/aromatic N) is 1. The van der Waals surface area contributed by atoms with Gasteiger partial charge in [0.1, 0.15) is 0 Å². The number of carbonyl (C=O) groups excluding carboxylic acids is 1. The van der Waals surface area contributed by atoms with Crippen molar-refractivity contribution in [3.05, 3.63) is 70.8 Å². The Morgan fingerprint density at radius 1 is 0.739 bits per heavy atom. The highest BCUT2D eigenvalue weighted by Gasteiger charge is 2.06. The summed E-state index contributed by atoms with van der Waals surface area (Å²) in [6.07, 6.45) is 0.937. The molecule has 0 N–H and O–H groups in total. The van der Waals surface area contributed by atoms with Gasteiger partial charge in [0.05, 0.1) is 0 Å². The highest BCUT2D eigenvalue weighted by molar-refractivity contribution is 5.48. The van der Waals surface area contributed by atoms with Crippen LogP contribution in [0, 0.1) is 0 Å². The fourth-order valence-corrected chi connectivity index (χ4v) is 2.62. The topological polar surface area (TPSA) is 20.3 Å². The van der Waals surface area contributed by atoms with E-state index in [1.165, 1.54) is 22.3 Å². The third kappa shape index (κ3) is 4.95. The Balaban J connectivity index is 2.00. The average molecular weight is 309 g/mol. The third-order valence-electron chi connectivity index (χ3n) is 4.21. The molecule has 0 heterocycles. The molecule has 0 fully saturated rings. The summed E-state index contributed by atoms with van der Waals surface area (Å²) in [6, 6.07) is 17.1. The molecule has 2 nitrogen and oxygen atoms in total. The van der Waals surface area contributed by atoms with Crippen LogP contribution in [0.25, 0.3) is 0 Å². The van der Waals surface area contributed by atoms with Gasteiger partial charge in [0.25, 0.3) is 0 Å². The van der Waals surface area contributed by atoms with Gasteiger partial charge in [-0.2, -0.15) is 0 Å². The molecule has 0 aromatic heterocycles. The minimum absolute atomic E-state index is 0.533. The molecule has 0 aliphatic carbocycles. The predicted octanol–water partition coefficient (Wildman–Crippen LogP) is 5.09. The van der Waals surface area contributed by atoms with Gasteiger partial charge in [-0.1, -0.05) is 76.2 Å². The zero-order valence-electron chi connectivity index (χ0n) is 14.6. The van der Waals surface area contributed by atoms with Crippen molar-refractivity contribution in [2.75, 3.05) is 0 Å². The lowest BCUT2D eigenvalue weighted by Gasteiger charge is -2.18. The van der Waals surface area contributed by atoms with Gasteiger partial charge in [-0.15, -0.1) is 0 Å². The number of rotatable bonds is 7. The van der Waals surface area contributed by atoms with Crippen molar-refractivity contribution in [3.63, 3.8) is 0 Å². The van der Waals surface area contributed by atoms with Crippen molar-refractivity contribution in [1.29, 1.82) is 0 Å². The van der Waals surface area contributed by atoms with Gasteiger partial charge in [0.15, 0.2) is 0 Å². The molecule has 2 heteroatoms. The van der Waals surface area contributed by atoms with E-state index in [1.54, 1.807) is 0 Å². The van der Waals surface area contributed by atoms with E-state index in [0.29, 0.717) is 24.9 Å². The maximum atomic E-state index is 11.4. The summed E-state index contributed by atoms with van der Waals surface area (Å²) < 4.78 is 0. The van der Waals surface area contributed by atoms with Crippen molar-refractivity contribution < 1.29 is 4.79 Å². The first-order valence-electron chi connectivity index (χ1n) is 8.36. The lowest BCUT2D eigenvalue weighted by molar-refractivity contribution is -0.119. The second kappa shape index (κ2) is 7.96. The van der Waals surface area contributed by atoms with Crippen LogP contribution in [0.3, 0.4) is 0 Å². The number of benzene rings is 2. The fraction of sp³-hybridized carbons (Fsp3) is 0.381. The maximum absolute atomic E-state index is 11.4. The molecular weight excluding hydrogens is 282 g/mol. The lowest BCUT2D eigenvalue weighted by atomic mass is 10.0. The molecule has 0 spiro atoms. The number of hydrogen-bond acceptors (Lipinski definition) is 1. The minimum atomic E-state index is 0.533. The molecular formula is C21H27NO. The summed E-state index contributed by atoms with van der Waals surface area (Å²) in [4.78, 5) is 13.2. The predicted molar refractivity (Wildman–Crippen MR) is 96.4 cm³/mol. The van der Waals surface area contributed by atoms with Gasteiger partial charge in [-0.25, -0.2) is 0 Å². The second-order valence-corrected chi connectivity index (χ2v) is 6.80. The highest BCUT2D eigenvalue weighted by Crippen LogP contribution is 2.18. The number of hydrogen-bond donors (Lipinski definition) is 0. The summed E-state index contributed by atoms with van der Waals surface area (Å²) in [5.41, 5.74) is 4.99. The van der Waals surface area contributed by atoms with E-state index in [9.17, 15) is 4.79 Å². The van der Waals surface area contributed by atoms with Crippen molar-refractivity contribution in [1.82, 2.24) is 4.90 Å². The van der Waals surface area contributed by atoms with Crippen LogP contribution in [0.1, 0.15) is 61.8 Å². The Bertz CT molecular complexity index is 558. The second-order valence-electron chi connectivity index (χ2n) is 6.80. The van der Waals surface area contributed by atoms with Crippen molar-refractivity contribution in [2.45, 2.75) is 52.6 Å². The van der Waals surface area contributed by atoms with Gasteiger partial charge in [0, 0.05) is 13.1 Å². The Hall–Kier alpha value is -2.09. The molecule has 0 saturated heterocycles. The van der Waals surface area contributed by atoms with E-state index in [4.69, 9.17) is 0 Å². The zero-order chi connectivity index (χ0) is 16.8. The first kappa shape index (κ1) is 17.3. The summed E-state index contributed by atoms with van der Waals surface area (Å²) >= 11 is 0. The van der Waals surface area contributed by atoms with Crippen LogP contribution in [0.4, 0.5) is 0 Å². The van der Waals surface area contributed by atoms with E-state index < -0.39 is 0 Å². The zero-order valence-corrected chi connectivity index (χ0v) is 14.6. The van der Waals surface area contributed by atoms with Crippen LogP contribution in [-0.4, -0.2) is 11.3 Å². The van der Waals surface area contributed by atoms with E-state index in [-0.39, 0.29) is 0 Å². The number of amides is 1. The van der Waals surface area contributed by atoms with Gasteiger partial charge in [0.2, 0.25) is 6.41 Å². The van der Waals surface area contributed by atoms with E-state index in [2.05, 4.69) is 76.2 Å². The minimum Gasteiger partial charge on any atom is -0.337 e. The lowest BCUT2D eigenvalue weighted by Crippen LogP contribution is -2.20. The van der Waals surface area contributed by atoms with Crippen molar-refractivity contribution in [2.24, 2.45) is 0 Å². The van der Waals surface area contributed by atoms with Gasteiger partial charge in [-0.3, -0.25) is 4.79 Å². The highest BCUT2D eigenvalue weighted by atomic mass is 16.1. The summed E-state index contributed by atoms with van der Waals surface area (Å²) in [6.45, 7) is 10.0. The van der Waals surface area contributed by atoms with Crippen molar-refractivity contribution in [3.8, 4) is 0 Å². The summed E-state index contributed by atoms with van der Waals surface area (Å²) in [5.74, 6) is 1.07. The first-order chi connectivity index (χ1) is 11.0. The maximum Gasteiger partial charge on any atom is 0.210 e. The standard InChI is InChI=1S/C21H27NO/c1-16(2)20-9-5-18(6-10-20)13-22(15-23)14-19-7-11-21(12-8-19)17(3)4/h5-12,15-17H,13-14H2,1-4H3. The molecule has 1 amide bonds. The molecule has 0 aliphatic rings. The Morgan fingerprint density at radius 3 is 1.35 bits per heavy atom. The Kier molecular flexibility index (Phi) is 5.97. The van der Waals surface area contributed by atoms with E-state index in [0.717, 1.165) is 6.41 Å². The molecule has 0 radical (unpaired) electrons. The molecule has 0 aliphatic heterocycles. The van der Waals surface area contributed by atoms with Crippen LogP contribution in [0.15, 0.2) is 48.5 Å². The molecule has 2 aromatic carbocycles. The Morgan fingerprint density at radius 2 is 1.09 bits per heavy atom. The van der Waals surface area contributed by atoms with Crippen LogP contribution in [0.5, 0.6) is 0 Å². The quantitative estimate of drug-likeness (QED) is 0.652. The van der Waals surface area contributed by atoms with Crippen LogP contribution in [0.2, 0.25) is 0 Å². The van der Waals surface area contributed by atoms with Gasteiger partial charge in [-0.05, 0) is 34.1 Å². The average Bonchev–Trinajstić information content (AvgIpc) is 2.55. The summed E-state index contributed by atoms with van der Waals surface area (Å²) in [5, 5.41) is 0. The molecule has 0 unspecified atom stereocenters. The fourth-order valence-electron chi connectivity index (χ4n) is 2.62. The van der Waals surface area contributed by atoms with E-state index >= 15 is 0 Å². The SMILES string of the molecule is CC(C)c1ccc(CN(C=O)Cc2ccc(C(C)C)cc2)cc1. The van der Waals surface area contributed by atoms with Crippen LogP contribution >= 0.6 is 0 Å². The third-order valence-corrected chi connectivity index (χ3v) is 4.21. The molecule has 0 saturated carbocycles. The van der Waals surface area contributed by atoms with Crippen LogP contribution in [-0.2, 0) is 17.9 Å². The van der Waals surface area contributed by atoms with Gasteiger partial charge >= 0.3 is 0 Å². The first-order valence-corrected chi connectivity index (χ1v) is 8.36. The summed E-state index contributed by atoms with van der Waals surface area (Å²) in [7, 11) is 0. The van der Waals surface area contributed by atoms with Crippen molar-refractivity contribution >= 4 is 6.41 Å². The van der Waals surface area contributed by atoms with Gasteiger partial charge < -0.3 is 4.90 Å². The monoisotopic (exact) mass is 309 g/mol. The normalized spacial score (nSPS) is 11.0. The molecule has 2 rings (SSSR count). The van der Waals surface area contributed by atoms with Crippen LogP contribution < -0.4 is 0 Å². The molecule has 2 aromatic rings. The number of carbonyl (C=O) groups is 1. The molecule has 122 valence electrons. The molecule has 0 atom stereocenters. The molecule has 23 heavy (non-hydrogen) atoms. The molecule has 0 bridgehead atoms. The van der Waals surface area contributed by atoms with E-state index in [1.807, 2.05) is 4.90 Å². The smallest absolute Gasteiger partial charge is 0.210 e. The largest absolute Gasteiger partial charge is 0.337 e. The Labute approximate surface area is 140 Å².